The van der Waals surface area contributed by atoms with Gasteiger partial charge in [-0.2, -0.15) is 0 Å². The van der Waals surface area contributed by atoms with Crippen LogP contribution in [-0.2, 0) is 9.53 Å². The first-order valence-corrected chi connectivity index (χ1v) is 5.90. The summed E-state index contributed by atoms with van der Waals surface area (Å²) in [6.07, 6.45) is 11.3. The first-order chi connectivity index (χ1) is 7.29. The molecule has 0 radical (unpaired) electrons. The van der Waals surface area contributed by atoms with Gasteiger partial charge in [-0.15, -0.1) is 0 Å². The molecule has 2 nitrogen and oxygen atoms in total. The molecule has 2 rings (SSSR count). The number of hydrogen-bond donors (Lipinski definition) is 0. The van der Waals surface area contributed by atoms with Gasteiger partial charge in [0, 0.05) is 12.3 Å². The Balaban J connectivity index is 1.73. The number of esters is 1. The van der Waals surface area contributed by atoms with Crippen molar-refractivity contribution in [2.45, 2.75) is 39.0 Å². The second-order valence-corrected chi connectivity index (χ2v) is 4.39. The van der Waals surface area contributed by atoms with Crippen LogP contribution in [0.4, 0.5) is 0 Å². The molecule has 2 atom stereocenters. The van der Waals surface area contributed by atoms with E-state index in [1.165, 1.54) is 0 Å². The number of fused-ring (bicyclic) bond motifs is 2. The summed E-state index contributed by atoms with van der Waals surface area (Å²) < 4.78 is 5.36. The van der Waals surface area contributed by atoms with E-state index in [4.69, 9.17) is 4.74 Å². The second kappa shape index (κ2) is 4.65. The average molecular weight is 206 g/mol. The molecule has 82 valence electrons. The van der Waals surface area contributed by atoms with E-state index in [-0.39, 0.29) is 5.97 Å². The number of rotatable bonds is 5. The van der Waals surface area contributed by atoms with Crippen LogP contribution >= 0.6 is 0 Å². The Labute approximate surface area is 91.0 Å². The fourth-order valence-electron chi connectivity index (χ4n) is 2.21. The van der Waals surface area contributed by atoms with Crippen molar-refractivity contribution in [1.29, 1.82) is 0 Å². The molecular formula is C13H18O2. The molecule has 0 aromatic heterocycles. The van der Waals surface area contributed by atoms with Crippen molar-refractivity contribution in [2.75, 3.05) is 0 Å². The van der Waals surface area contributed by atoms with E-state index in [1.807, 2.05) is 0 Å². The van der Waals surface area contributed by atoms with Crippen LogP contribution in [0.5, 0.6) is 0 Å². The summed E-state index contributed by atoms with van der Waals surface area (Å²) in [6, 6.07) is 0. The molecule has 15 heavy (non-hydrogen) atoms. The van der Waals surface area contributed by atoms with Gasteiger partial charge < -0.3 is 4.74 Å². The van der Waals surface area contributed by atoms with E-state index >= 15 is 0 Å². The minimum absolute atomic E-state index is 0.0596. The zero-order chi connectivity index (χ0) is 10.7. The molecule has 0 fully saturated rings. The molecule has 2 bridgehead atoms. The summed E-state index contributed by atoms with van der Waals surface area (Å²) in [5.74, 6) is 1.73. The Kier molecular flexibility index (Phi) is 3.24. The summed E-state index contributed by atoms with van der Waals surface area (Å²) in [5, 5.41) is 0. The Bertz CT molecular complexity index is 302. The fraction of sp³-hybridized carbons (Fsp3) is 0.615. The summed E-state index contributed by atoms with van der Waals surface area (Å²) >= 11 is 0. The molecule has 0 N–H and O–H groups in total. The normalized spacial score (nSPS) is 26.9. The van der Waals surface area contributed by atoms with Gasteiger partial charge in [-0.25, -0.2) is 0 Å². The third-order valence-corrected chi connectivity index (χ3v) is 3.08. The maximum Gasteiger partial charge on any atom is 0.310 e. The lowest BCUT2D eigenvalue weighted by molar-refractivity contribution is -0.140. The van der Waals surface area contributed by atoms with Crippen LogP contribution in [0.25, 0.3) is 0 Å². The van der Waals surface area contributed by atoms with E-state index in [9.17, 15) is 4.79 Å². The lowest BCUT2D eigenvalue weighted by atomic mass is 10.1. The Morgan fingerprint density at radius 2 is 2.33 bits per heavy atom. The highest BCUT2D eigenvalue weighted by molar-refractivity contribution is 5.70. The van der Waals surface area contributed by atoms with Crippen molar-refractivity contribution >= 4 is 5.97 Å². The lowest BCUT2D eigenvalue weighted by Gasteiger charge is -2.10. The molecule has 2 aliphatic carbocycles. The summed E-state index contributed by atoms with van der Waals surface area (Å²) in [4.78, 5) is 11.5. The highest BCUT2D eigenvalue weighted by Crippen LogP contribution is 2.38. The van der Waals surface area contributed by atoms with Crippen molar-refractivity contribution in [1.82, 2.24) is 0 Å². The van der Waals surface area contributed by atoms with Crippen LogP contribution in [0.15, 0.2) is 24.0 Å². The van der Waals surface area contributed by atoms with Crippen molar-refractivity contribution in [3.63, 3.8) is 0 Å². The minimum Gasteiger partial charge on any atom is -0.431 e. The van der Waals surface area contributed by atoms with Crippen molar-refractivity contribution in [2.24, 2.45) is 11.8 Å². The van der Waals surface area contributed by atoms with E-state index in [2.05, 4.69) is 25.2 Å². The number of ether oxygens (including phenoxy) is 1. The van der Waals surface area contributed by atoms with Gasteiger partial charge in [0.2, 0.25) is 0 Å². The molecule has 2 aliphatic rings. The molecular weight excluding hydrogens is 188 g/mol. The first-order valence-electron chi connectivity index (χ1n) is 5.90. The highest BCUT2D eigenvalue weighted by atomic mass is 16.5. The highest BCUT2D eigenvalue weighted by Gasteiger charge is 2.30. The van der Waals surface area contributed by atoms with Crippen LogP contribution in [0.2, 0.25) is 0 Å². The molecule has 0 aromatic rings. The Morgan fingerprint density at radius 3 is 2.93 bits per heavy atom. The van der Waals surface area contributed by atoms with Gasteiger partial charge >= 0.3 is 5.97 Å². The summed E-state index contributed by atoms with van der Waals surface area (Å²) in [6.45, 7) is 2.13. The molecule has 0 aromatic carbocycles. The van der Waals surface area contributed by atoms with Gasteiger partial charge in [0.15, 0.2) is 0 Å². The number of allylic oxidation sites excluding steroid dienone is 3. The van der Waals surface area contributed by atoms with Crippen LogP contribution < -0.4 is 0 Å². The monoisotopic (exact) mass is 206 g/mol. The van der Waals surface area contributed by atoms with Crippen molar-refractivity contribution in [3.05, 3.63) is 24.0 Å². The number of carbonyl (C=O) groups is 1. The molecule has 2 heteroatoms. The van der Waals surface area contributed by atoms with E-state index in [0.29, 0.717) is 18.3 Å². The van der Waals surface area contributed by atoms with E-state index in [1.54, 1.807) is 0 Å². The van der Waals surface area contributed by atoms with Crippen LogP contribution in [0, 0.1) is 11.8 Å². The smallest absolute Gasteiger partial charge is 0.310 e. The predicted molar refractivity (Wildman–Crippen MR) is 59.1 cm³/mol. The lowest BCUT2D eigenvalue weighted by Crippen LogP contribution is -2.07. The maximum atomic E-state index is 11.5. The molecule has 0 saturated heterocycles. The van der Waals surface area contributed by atoms with Gasteiger partial charge in [-0.3, -0.25) is 4.79 Å². The third-order valence-electron chi connectivity index (χ3n) is 3.08. The third kappa shape index (κ3) is 2.49. The zero-order valence-electron chi connectivity index (χ0n) is 9.24. The molecule has 0 aliphatic heterocycles. The Hall–Kier alpha value is -1.05. The van der Waals surface area contributed by atoms with E-state index in [0.717, 1.165) is 31.4 Å². The van der Waals surface area contributed by atoms with Gasteiger partial charge in [0.25, 0.3) is 0 Å². The SMILES string of the molecule is CCCCCC(=O)OC1=CC2C=CC1C2. The first kappa shape index (κ1) is 10.5. The molecule has 0 heterocycles. The number of carbonyl (C=O) groups excluding carboxylic acids is 1. The molecule has 2 unspecified atom stereocenters. The van der Waals surface area contributed by atoms with Crippen LogP contribution in [0.1, 0.15) is 39.0 Å². The average Bonchev–Trinajstić information content (AvgIpc) is 2.79. The molecule has 0 amide bonds. The Morgan fingerprint density at radius 1 is 1.47 bits per heavy atom. The number of hydrogen-bond acceptors (Lipinski definition) is 2. The summed E-state index contributed by atoms with van der Waals surface area (Å²) in [5.41, 5.74) is 0. The van der Waals surface area contributed by atoms with Crippen LogP contribution in [-0.4, -0.2) is 5.97 Å². The van der Waals surface area contributed by atoms with Crippen molar-refractivity contribution < 1.29 is 9.53 Å². The van der Waals surface area contributed by atoms with Crippen molar-refractivity contribution in [3.8, 4) is 0 Å². The predicted octanol–water partition coefficient (Wildman–Crippen LogP) is 3.20. The molecule has 0 saturated carbocycles. The summed E-state index contributed by atoms with van der Waals surface area (Å²) in [7, 11) is 0. The quantitative estimate of drug-likeness (QED) is 0.392. The largest absolute Gasteiger partial charge is 0.431 e. The number of unbranched alkanes of at least 4 members (excludes halogenated alkanes) is 2. The maximum absolute atomic E-state index is 11.5. The van der Waals surface area contributed by atoms with Gasteiger partial charge in [-0.05, 0) is 24.8 Å². The second-order valence-electron chi connectivity index (χ2n) is 4.39. The minimum atomic E-state index is -0.0596. The van der Waals surface area contributed by atoms with Crippen LogP contribution in [0.3, 0.4) is 0 Å². The van der Waals surface area contributed by atoms with Gasteiger partial charge in [0.1, 0.15) is 5.76 Å². The van der Waals surface area contributed by atoms with Gasteiger partial charge in [0.05, 0.1) is 0 Å². The van der Waals surface area contributed by atoms with Gasteiger partial charge in [-0.1, -0.05) is 31.9 Å². The molecule has 0 spiro atoms. The topological polar surface area (TPSA) is 26.3 Å². The van der Waals surface area contributed by atoms with E-state index < -0.39 is 0 Å². The zero-order valence-corrected chi connectivity index (χ0v) is 9.24. The fourth-order valence-corrected chi connectivity index (χ4v) is 2.21. The standard InChI is InChI=1S/C13H18O2/c1-2-3-4-5-13(14)15-12-9-10-6-7-11(12)8-10/h6-7,9-11H,2-5,8H2,1H3.